The molecule has 1 aliphatic rings. The zero-order valence-electron chi connectivity index (χ0n) is 14.5. The lowest BCUT2D eigenvalue weighted by Crippen LogP contribution is -2.37. The van der Waals surface area contributed by atoms with E-state index in [9.17, 15) is 9.59 Å². The van der Waals surface area contributed by atoms with Crippen molar-refractivity contribution in [2.24, 2.45) is 5.73 Å². The largest absolute Gasteiger partial charge is 0.352 e. The van der Waals surface area contributed by atoms with E-state index in [-0.39, 0.29) is 5.91 Å². The van der Waals surface area contributed by atoms with Crippen molar-refractivity contribution in [1.82, 2.24) is 15.2 Å². The Morgan fingerprint density at radius 3 is 2.81 bits per heavy atom. The Labute approximate surface area is 161 Å². The number of aromatic nitrogens is 1. The number of nitrogens with two attached hydrogens (primary N) is 1. The van der Waals surface area contributed by atoms with Gasteiger partial charge in [-0.15, -0.1) is 11.3 Å². The number of primary amides is 1. The molecular weight excluding hydrogens is 372 g/mol. The van der Waals surface area contributed by atoms with Crippen molar-refractivity contribution in [3.63, 3.8) is 0 Å². The summed E-state index contributed by atoms with van der Waals surface area (Å²) in [4.78, 5) is 29.6. The Morgan fingerprint density at radius 2 is 2.08 bits per heavy atom. The minimum Gasteiger partial charge on any atom is -0.352 e. The summed E-state index contributed by atoms with van der Waals surface area (Å²) in [5.74, 6) is 0.605. The molecule has 0 saturated carbocycles. The van der Waals surface area contributed by atoms with Crippen LogP contribution in [0.1, 0.15) is 43.0 Å². The van der Waals surface area contributed by atoms with E-state index < -0.39 is 6.03 Å². The fourth-order valence-corrected chi connectivity index (χ4v) is 4.52. The second kappa shape index (κ2) is 8.68. The van der Waals surface area contributed by atoms with E-state index in [1.807, 2.05) is 23.1 Å². The number of fused-ring (bicyclic) bond motifs is 1. The summed E-state index contributed by atoms with van der Waals surface area (Å²) < 4.78 is 1.16. The number of hydrogen-bond donors (Lipinski definition) is 2. The zero-order valence-corrected chi connectivity index (χ0v) is 16.1. The molecule has 3 N–H and O–H groups in total. The number of rotatable bonds is 6. The molecule has 3 rings (SSSR count). The van der Waals surface area contributed by atoms with Gasteiger partial charge in [0.15, 0.2) is 0 Å². The molecule has 0 atom stereocenters. The normalized spacial score (nSPS) is 15.3. The van der Waals surface area contributed by atoms with Gasteiger partial charge in [-0.3, -0.25) is 4.79 Å². The van der Waals surface area contributed by atoms with Gasteiger partial charge in [-0.1, -0.05) is 11.6 Å². The van der Waals surface area contributed by atoms with E-state index in [0.717, 1.165) is 54.0 Å². The average molecular weight is 395 g/mol. The van der Waals surface area contributed by atoms with Gasteiger partial charge in [0.05, 0.1) is 15.2 Å². The fourth-order valence-electron chi connectivity index (χ4n) is 3.24. The van der Waals surface area contributed by atoms with Crippen molar-refractivity contribution in [2.45, 2.75) is 38.0 Å². The number of unbranched alkanes of at least 4 members (excludes halogenated alkanes) is 1. The van der Waals surface area contributed by atoms with Gasteiger partial charge in [0.25, 0.3) is 0 Å². The summed E-state index contributed by atoms with van der Waals surface area (Å²) in [6.45, 7) is 2.08. The monoisotopic (exact) mass is 394 g/mol. The molecule has 1 fully saturated rings. The number of urea groups is 1. The Bertz CT molecular complexity index is 787. The quantitative estimate of drug-likeness (QED) is 0.735. The lowest BCUT2D eigenvalue weighted by molar-refractivity contribution is -0.132. The van der Waals surface area contributed by atoms with Crippen LogP contribution in [-0.2, 0) is 4.79 Å². The van der Waals surface area contributed by atoms with Crippen LogP contribution in [0.4, 0.5) is 4.79 Å². The maximum absolute atomic E-state index is 12.3. The third-order valence-corrected chi connectivity index (χ3v) is 6.11. The van der Waals surface area contributed by atoms with Crippen LogP contribution >= 0.6 is 22.9 Å². The lowest BCUT2D eigenvalue weighted by Gasteiger charge is -2.31. The molecule has 0 radical (unpaired) electrons. The van der Waals surface area contributed by atoms with Crippen molar-refractivity contribution in [2.75, 3.05) is 19.6 Å². The molecule has 3 amide bonds. The van der Waals surface area contributed by atoms with Gasteiger partial charge in [0, 0.05) is 37.0 Å². The maximum Gasteiger partial charge on any atom is 0.312 e. The number of likely N-dealkylation sites (tertiary alicyclic amines) is 1. The summed E-state index contributed by atoms with van der Waals surface area (Å²) in [5.41, 5.74) is 5.97. The molecule has 1 aromatic carbocycles. The second-order valence-electron chi connectivity index (χ2n) is 6.57. The van der Waals surface area contributed by atoms with Gasteiger partial charge in [-0.2, -0.15) is 0 Å². The molecule has 1 aliphatic heterocycles. The van der Waals surface area contributed by atoms with Crippen molar-refractivity contribution < 1.29 is 9.59 Å². The standard InChI is InChI=1S/C18H23ClN4O2S/c19-13-4-5-15-14(11-13)22-17(26-15)12-6-9-23(10-7-12)16(24)3-1-2-8-21-18(20)25/h4-5,11-12H,1-3,6-10H2,(H3,20,21,25). The number of thiazole rings is 1. The third-order valence-electron chi connectivity index (χ3n) is 4.68. The molecule has 0 spiro atoms. The van der Waals surface area contributed by atoms with Crippen LogP contribution in [0.2, 0.25) is 5.02 Å². The summed E-state index contributed by atoms with van der Waals surface area (Å²) in [6, 6.07) is 5.30. The Morgan fingerprint density at radius 1 is 1.31 bits per heavy atom. The zero-order chi connectivity index (χ0) is 18.5. The molecule has 1 saturated heterocycles. The molecule has 0 aliphatic carbocycles. The van der Waals surface area contributed by atoms with Crippen LogP contribution in [-0.4, -0.2) is 41.5 Å². The number of carbonyl (C=O) groups excluding carboxylic acids is 2. The Balaban J connectivity index is 1.45. The predicted octanol–water partition coefficient (Wildman–Crippen LogP) is 3.49. The number of nitrogens with one attached hydrogen (secondary N) is 1. The average Bonchev–Trinajstić information content (AvgIpc) is 3.04. The topological polar surface area (TPSA) is 88.3 Å². The van der Waals surface area contributed by atoms with Crippen LogP contribution in [0.25, 0.3) is 10.2 Å². The number of halogens is 1. The third kappa shape index (κ3) is 4.86. The van der Waals surface area contributed by atoms with Crippen molar-refractivity contribution in [1.29, 1.82) is 0 Å². The summed E-state index contributed by atoms with van der Waals surface area (Å²) in [7, 11) is 0. The van der Waals surface area contributed by atoms with Crippen molar-refractivity contribution >= 4 is 45.1 Å². The van der Waals surface area contributed by atoms with E-state index in [1.165, 1.54) is 0 Å². The first-order chi connectivity index (χ1) is 12.5. The molecule has 8 heteroatoms. The van der Waals surface area contributed by atoms with E-state index >= 15 is 0 Å². The van der Waals surface area contributed by atoms with Crippen molar-refractivity contribution in [3.05, 3.63) is 28.2 Å². The molecule has 2 heterocycles. The smallest absolute Gasteiger partial charge is 0.312 e. The van der Waals surface area contributed by atoms with Gasteiger partial charge in [-0.25, -0.2) is 9.78 Å². The van der Waals surface area contributed by atoms with Gasteiger partial charge < -0.3 is 16.0 Å². The van der Waals surface area contributed by atoms with E-state index in [1.54, 1.807) is 11.3 Å². The molecule has 140 valence electrons. The number of hydrogen-bond acceptors (Lipinski definition) is 4. The number of amides is 3. The highest BCUT2D eigenvalue weighted by Gasteiger charge is 2.25. The van der Waals surface area contributed by atoms with Crippen LogP contribution in [0.3, 0.4) is 0 Å². The Kier molecular flexibility index (Phi) is 6.32. The number of piperidine rings is 1. The SMILES string of the molecule is NC(=O)NCCCCC(=O)N1CCC(c2nc3cc(Cl)ccc3s2)CC1. The van der Waals surface area contributed by atoms with Crippen LogP contribution < -0.4 is 11.1 Å². The van der Waals surface area contributed by atoms with E-state index in [2.05, 4.69) is 5.32 Å². The molecule has 0 unspecified atom stereocenters. The summed E-state index contributed by atoms with van der Waals surface area (Å²) in [5, 5.41) is 4.39. The predicted molar refractivity (Wildman–Crippen MR) is 105 cm³/mol. The molecule has 2 aromatic rings. The van der Waals surface area contributed by atoms with Gasteiger partial charge in [0.1, 0.15) is 0 Å². The fraction of sp³-hybridized carbons (Fsp3) is 0.500. The second-order valence-corrected chi connectivity index (χ2v) is 8.07. The Hall–Kier alpha value is -1.86. The number of benzene rings is 1. The van der Waals surface area contributed by atoms with Gasteiger partial charge >= 0.3 is 6.03 Å². The number of carbonyl (C=O) groups is 2. The number of nitrogens with zero attached hydrogens (tertiary/aromatic N) is 2. The van der Waals surface area contributed by atoms with Crippen LogP contribution in [0, 0.1) is 0 Å². The van der Waals surface area contributed by atoms with Crippen LogP contribution in [0.15, 0.2) is 18.2 Å². The van der Waals surface area contributed by atoms with E-state index in [0.29, 0.717) is 23.9 Å². The molecular formula is C18H23ClN4O2S. The highest BCUT2D eigenvalue weighted by molar-refractivity contribution is 7.18. The van der Waals surface area contributed by atoms with Crippen LogP contribution in [0.5, 0.6) is 0 Å². The highest BCUT2D eigenvalue weighted by atomic mass is 35.5. The van der Waals surface area contributed by atoms with Gasteiger partial charge in [0.2, 0.25) is 5.91 Å². The molecule has 6 nitrogen and oxygen atoms in total. The first-order valence-corrected chi connectivity index (χ1v) is 10.1. The van der Waals surface area contributed by atoms with Crippen molar-refractivity contribution in [3.8, 4) is 0 Å². The summed E-state index contributed by atoms with van der Waals surface area (Å²) in [6.07, 6.45) is 3.94. The molecule has 26 heavy (non-hydrogen) atoms. The van der Waals surface area contributed by atoms with Gasteiger partial charge in [-0.05, 0) is 43.9 Å². The first kappa shape index (κ1) is 18.9. The molecule has 1 aromatic heterocycles. The lowest BCUT2D eigenvalue weighted by atomic mass is 9.97. The highest BCUT2D eigenvalue weighted by Crippen LogP contribution is 2.34. The summed E-state index contributed by atoms with van der Waals surface area (Å²) >= 11 is 7.76. The van der Waals surface area contributed by atoms with E-state index in [4.69, 9.17) is 22.3 Å². The minimum atomic E-state index is -0.518. The molecule has 0 bridgehead atoms. The minimum absolute atomic E-state index is 0.193. The first-order valence-electron chi connectivity index (χ1n) is 8.90. The maximum atomic E-state index is 12.3.